The highest BCUT2D eigenvalue weighted by molar-refractivity contribution is 9.10. The summed E-state index contributed by atoms with van der Waals surface area (Å²) in [7, 11) is 3.14. The summed E-state index contributed by atoms with van der Waals surface area (Å²) >= 11 is 8.77. The first-order valence-electron chi connectivity index (χ1n) is 7.39. The number of halogens is 1. The smallest absolute Gasteiger partial charge is 0.281 e. The zero-order chi connectivity index (χ0) is 18.0. The number of carbonyl (C=O) groups is 1. The van der Waals surface area contributed by atoms with Crippen LogP contribution in [-0.2, 0) is 4.79 Å². The number of ether oxygens (including phenoxy) is 2. The molecule has 0 bridgehead atoms. The van der Waals surface area contributed by atoms with Crippen LogP contribution in [0.25, 0.3) is 6.08 Å². The molecule has 1 aliphatic rings. The third-order valence-corrected chi connectivity index (χ3v) is 4.47. The molecule has 1 fully saturated rings. The van der Waals surface area contributed by atoms with Crippen molar-refractivity contribution in [2.45, 2.75) is 0 Å². The largest absolute Gasteiger partial charge is 0.496 e. The molecular formula is C18H15BrN2O3S. The highest BCUT2D eigenvalue weighted by Gasteiger charge is 2.33. The van der Waals surface area contributed by atoms with Crippen molar-refractivity contribution in [2.75, 3.05) is 19.1 Å². The van der Waals surface area contributed by atoms with Gasteiger partial charge in [0.05, 0.1) is 19.9 Å². The molecule has 2 aromatic carbocycles. The fourth-order valence-electron chi connectivity index (χ4n) is 2.54. The Morgan fingerprint density at radius 1 is 1.12 bits per heavy atom. The predicted octanol–water partition coefficient (Wildman–Crippen LogP) is 3.73. The minimum absolute atomic E-state index is 0.253. The quantitative estimate of drug-likeness (QED) is 0.605. The summed E-state index contributed by atoms with van der Waals surface area (Å²) < 4.78 is 11.6. The van der Waals surface area contributed by atoms with Gasteiger partial charge in [-0.2, -0.15) is 0 Å². The van der Waals surface area contributed by atoms with Crippen LogP contribution >= 0.6 is 28.1 Å². The first-order valence-corrected chi connectivity index (χ1v) is 8.59. The second-order valence-electron chi connectivity index (χ2n) is 5.19. The van der Waals surface area contributed by atoms with Crippen LogP contribution in [0.2, 0.25) is 0 Å². The van der Waals surface area contributed by atoms with Crippen molar-refractivity contribution in [2.24, 2.45) is 0 Å². The van der Waals surface area contributed by atoms with Gasteiger partial charge in [-0.05, 0) is 48.6 Å². The molecule has 128 valence electrons. The van der Waals surface area contributed by atoms with Gasteiger partial charge in [0.25, 0.3) is 5.91 Å². The van der Waals surface area contributed by atoms with E-state index in [0.717, 1.165) is 10.0 Å². The third-order valence-electron chi connectivity index (χ3n) is 3.70. The van der Waals surface area contributed by atoms with E-state index in [4.69, 9.17) is 21.7 Å². The fourth-order valence-corrected chi connectivity index (χ4v) is 3.21. The van der Waals surface area contributed by atoms with Crippen molar-refractivity contribution < 1.29 is 14.3 Å². The zero-order valence-corrected chi connectivity index (χ0v) is 16.0. The summed E-state index contributed by atoms with van der Waals surface area (Å²) in [6.45, 7) is 0. The van der Waals surface area contributed by atoms with Crippen LogP contribution in [0.5, 0.6) is 11.5 Å². The molecule has 0 atom stereocenters. The van der Waals surface area contributed by atoms with E-state index in [0.29, 0.717) is 28.0 Å². The molecule has 0 aliphatic carbocycles. The number of hydrogen-bond donors (Lipinski definition) is 1. The molecule has 1 heterocycles. The van der Waals surface area contributed by atoms with Crippen LogP contribution in [0, 0.1) is 0 Å². The number of carbonyl (C=O) groups excluding carboxylic acids is 1. The lowest BCUT2D eigenvalue weighted by atomic mass is 10.1. The Labute approximate surface area is 159 Å². The molecule has 1 aliphatic heterocycles. The first-order chi connectivity index (χ1) is 12.0. The van der Waals surface area contributed by atoms with E-state index in [2.05, 4.69) is 21.2 Å². The number of nitrogens with one attached hydrogen (secondary N) is 1. The van der Waals surface area contributed by atoms with Gasteiger partial charge < -0.3 is 14.8 Å². The second kappa shape index (κ2) is 7.25. The predicted molar refractivity (Wildman–Crippen MR) is 105 cm³/mol. The minimum Gasteiger partial charge on any atom is -0.496 e. The highest BCUT2D eigenvalue weighted by atomic mass is 79.9. The van der Waals surface area contributed by atoms with Crippen LogP contribution < -0.4 is 19.7 Å². The summed E-state index contributed by atoms with van der Waals surface area (Å²) in [5, 5.41) is 3.27. The maximum Gasteiger partial charge on any atom is 0.281 e. The molecule has 25 heavy (non-hydrogen) atoms. The van der Waals surface area contributed by atoms with Crippen molar-refractivity contribution in [1.82, 2.24) is 5.32 Å². The number of nitrogens with zero attached hydrogens (tertiary/aromatic N) is 1. The molecule has 0 unspecified atom stereocenters. The fraction of sp³-hybridized carbons (Fsp3) is 0.111. The molecule has 0 spiro atoms. The Balaban J connectivity index is 2.01. The summed E-state index contributed by atoms with van der Waals surface area (Å²) in [5.74, 6) is 0.977. The number of para-hydroxylation sites is 2. The summed E-state index contributed by atoms with van der Waals surface area (Å²) in [6, 6.07) is 12.8. The molecule has 3 rings (SSSR count). The maximum atomic E-state index is 12.9. The Hall–Kier alpha value is -2.38. The molecule has 1 amide bonds. The normalized spacial score (nSPS) is 15.5. The van der Waals surface area contributed by atoms with Crippen molar-refractivity contribution in [3.8, 4) is 11.5 Å². The van der Waals surface area contributed by atoms with Gasteiger partial charge in [-0.1, -0.05) is 28.1 Å². The standard InChI is InChI=1S/C18H15BrN2O3S/c1-23-15-8-7-12(19)9-11(15)10-13-17(22)21(18(25)20-13)14-5-3-4-6-16(14)24-2/h3-10H,1-2H3,(H,20,25)/b13-10+. The van der Waals surface area contributed by atoms with Gasteiger partial charge in [0.1, 0.15) is 17.2 Å². The lowest BCUT2D eigenvalue weighted by Crippen LogP contribution is -2.30. The van der Waals surface area contributed by atoms with Gasteiger partial charge in [-0.15, -0.1) is 0 Å². The van der Waals surface area contributed by atoms with Gasteiger partial charge in [-0.25, -0.2) is 4.90 Å². The molecule has 5 nitrogen and oxygen atoms in total. The number of hydrogen-bond acceptors (Lipinski definition) is 4. The first kappa shape index (κ1) is 17.4. The highest BCUT2D eigenvalue weighted by Crippen LogP contribution is 2.32. The number of amides is 1. The van der Waals surface area contributed by atoms with Crippen LogP contribution in [0.3, 0.4) is 0 Å². The van der Waals surface area contributed by atoms with Gasteiger partial charge in [0.15, 0.2) is 5.11 Å². The minimum atomic E-state index is -0.253. The lowest BCUT2D eigenvalue weighted by Gasteiger charge is -2.17. The molecule has 2 aromatic rings. The Morgan fingerprint density at radius 2 is 1.84 bits per heavy atom. The van der Waals surface area contributed by atoms with E-state index < -0.39 is 0 Å². The SMILES string of the molecule is COc1ccc(Br)cc1/C=C1/NC(=S)N(c2ccccc2OC)C1=O. The van der Waals surface area contributed by atoms with Crippen LogP contribution in [0.15, 0.2) is 52.6 Å². The summed E-state index contributed by atoms with van der Waals surface area (Å²) in [6.07, 6.45) is 1.72. The average Bonchev–Trinajstić information content (AvgIpc) is 2.88. The topological polar surface area (TPSA) is 50.8 Å². The van der Waals surface area contributed by atoms with E-state index in [9.17, 15) is 4.79 Å². The number of thiocarbonyl (C=S) groups is 1. The maximum absolute atomic E-state index is 12.9. The van der Waals surface area contributed by atoms with E-state index in [1.54, 1.807) is 32.4 Å². The monoisotopic (exact) mass is 418 g/mol. The Kier molecular flexibility index (Phi) is 5.06. The van der Waals surface area contributed by atoms with Crippen molar-refractivity contribution in [1.29, 1.82) is 0 Å². The van der Waals surface area contributed by atoms with Crippen molar-refractivity contribution in [3.63, 3.8) is 0 Å². The van der Waals surface area contributed by atoms with Gasteiger partial charge >= 0.3 is 0 Å². The number of anilines is 1. The van der Waals surface area contributed by atoms with Crippen LogP contribution in [0.4, 0.5) is 5.69 Å². The molecule has 0 aromatic heterocycles. The van der Waals surface area contributed by atoms with E-state index >= 15 is 0 Å². The molecule has 7 heteroatoms. The molecule has 0 radical (unpaired) electrons. The zero-order valence-electron chi connectivity index (χ0n) is 13.6. The van der Waals surface area contributed by atoms with Gasteiger partial charge in [-0.3, -0.25) is 4.79 Å². The number of rotatable bonds is 4. The van der Waals surface area contributed by atoms with Crippen molar-refractivity contribution >= 4 is 50.9 Å². The second-order valence-corrected chi connectivity index (χ2v) is 6.49. The molecule has 1 saturated heterocycles. The summed E-state index contributed by atoms with van der Waals surface area (Å²) in [4.78, 5) is 14.3. The van der Waals surface area contributed by atoms with Crippen LogP contribution in [-0.4, -0.2) is 25.2 Å². The molecule has 1 N–H and O–H groups in total. The van der Waals surface area contributed by atoms with Gasteiger partial charge in [0.2, 0.25) is 0 Å². The van der Waals surface area contributed by atoms with Crippen LogP contribution in [0.1, 0.15) is 5.56 Å². The molecular weight excluding hydrogens is 404 g/mol. The Morgan fingerprint density at radius 3 is 2.56 bits per heavy atom. The number of methoxy groups -OCH3 is 2. The average molecular weight is 419 g/mol. The summed E-state index contributed by atoms with van der Waals surface area (Å²) in [5.41, 5.74) is 1.72. The van der Waals surface area contributed by atoms with Gasteiger partial charge in [0, 0.05) is 10.0 Å². The Bertz CT molecular complexity index is 882. The number of benzene rings is 2. The third kappa shape index (κ3) is 3.38. The lowest BCUT2D eigenvalue weighted by molar-refractivity contribution is -0.113. The van der Waals surface area contributed by atoms with E-state index in [1.807, 2.05) is 30.3 Å². The van der Waals surface area contributed by atoms with Crippen molar-refractivity contribution in [3.05, 3.63) is 58.2 Å². The van der Waals surface area contributed by atoms with E-state index in [-0.39, 0.29) is 5.91 Å². The molecule has 0 saturated carbocycles. The van der Waals surface area contributed by atoms with E-state index in [1.165, 1.54) is 4.90 Å².